The molecule has 0 saturated heterocycles. The Hall–Kier alpha value is -1.06. The quantitative estimate of drug-likeness (QED) is 0.819. The van der Waals surface area contributed by atoms with Crippen molar-refractivity contribution in [2.75, 3.05) is 13.6 Å². The molecule has 0 aliphatic heterocycles. The number of hydrogen-bond donors (Lipinski definition) is 1. The minimum Gasteiger partial charge on any atom is -0.481 e. The number of hydrogen-bond acceptors (Lipinski definition) is 2. The Morgan fingerprint density at radius 3 is 2.55 bits per heavy atom. The molecule has 0 bridgehead atoms. The smallest absolute Gasteiger partial charge is 0.310 e. The normalized spacial score (nSPS) is 15.9. The van der Waals surface area contributed by atoms with Gasteiger partial charge < -0.3 is 5.11 Å². The molecule has 112 valence electrons. The molecule has 1 N–H and O–H groups in total. The summed E-state index contributed by atoms with van der Waals surface area (Å²) >= 11 is 6.22. The maximum Gasteiger partial charge on any atom is 0.310 e. The second-order valence-corrected chi connectivity index (χ2v) is 6.14. The van der Waals surface area contributed by atoms with Gasteiger partial charge in [0.25, 0.3) is 0 Å². The minimum absolute atomic E-state index is 0.0826. The van der Waals surface area contributed by atoms with Gasteiger partial charge in [-0.2, -0.15) is 0 Å². The third-order valence-electron chi connectivity index (χ3n) is 3.93. The van der Waals surface area contributed by atoms with E-state index in [1.54, 1.807) is 0 Å². The summed E-state index contributed by atoms with van der Waals surface area (Å²) < 4.78 is 0. The van der Waals surface area contributed by atoms with Crippen LogP contribution in [-0.2, 0) is 4.79 Å². The molecule has 0 radical (unpaired) electrons. The van der Waals surface area contributed by atoms with Crippen molar-refractivity contribution in [2.24, 2.45) is 5.41 Å². The second-order valence-electron chi connectivity index (χ2n) is 5.73. The third-order valence-corrected chi connectivity index (χ3v) is 4.28. The summed E-state index contributed by atoms with van der Waals surface area (Å²) in [6.45, 7) is 6.38. The summed E-state index contributed by atoms with van der Waals surface area (Å²) in [7, 11) is 1.95. The van der Waals surface area contributed by atoms with E-state index in [0.29, 0.717) is 13.0 Å². The zero-order chi connectivity index (χ0) is 15.3. The van der Waals surface area contributed by atoms with Crippen LogP contribution in [0.5, 0.6) is 0 Å². The van der Waals surface area contributed by atoms with E-state index in [-0.39, 0.29) is 6.04 Å². The summed E-state index contributed by atoms with van der Waals surface area (Å²) in [5.74, 6) is -0.738. The molecule has 1 rings (SSSR count). The summed E-state index contributed by atoms with van der Waals surface area (Å²) in [6, 6.07) is 7.79. The van der Waals surface area contributed by atoms with Gasteiger partial charge in [-0.1, -0.05) is 43.1 Å². The van der Waals surface area contributed by atoms with Crippen molar-refractivity contribution >= 4 is 17.6 Å². The Kier molecular flexibility index (Phi) is 6.03. The van der Waals surface area contributed by atoms with Crippen LogP contribution in [0.15, 0.2) is 24.3 Å². The lowest BCUT2D eigenvalue weighted by atomic mass is 9.84. The molecule has 1 aromatic rings. The van der Waals surface area contributed by atoms with Crippen molar-refractivity contribution in [3.63, 3.8) is 0 Å². The molecule has 0 fully saturated rings. The summed E-state index contributed by atoms with van der Waals surface area (Å²) in [4.78, 5) is 13.6. The molecule has 0 saturated carbocycles. The highest BCUT2D eigenvalue weighted by atomic mass is 35.5. The predicted molar refractivity (Wildman–Crippen MR) is 83.1 cm³/mol. The number of benzene rings is 1. The highest BCUT2D eigenvalue weighted by molar-refractivity contribution is 6.31. The molecule has 4 heteroatoms. The van der Waals surface area contributed by atoms with Crippen LogP contribution in [0.3, 0.4) is 0 Å². The zero-order valence-electron chi connectivity index (χ0n) is 12.7. The molecule has 0 aliphatic carbocycles. The molecule has 1 aromatic carbocycles. The molecular weight excluding hydrogens is 274 g/mol. The first kappa shape index (κ1) is 17.0. The Labute approximate surface area is 126 Å². The largest absolute Gasteiger partial charge is 0.481 e. The lowest BCUT2D eigenvalue weighted by molar-refractivity contribution is -0.149. The number of aliphatic carboxylic acids is 1. The van der Waals surface area contributed by atoms with Gasteiger partial charge in [0.2, 0.25) is 0 Å². The average Bonchev–Trinajstić information content (AvgIpc) is 2.38. The molecule has 0 aromatic heterocycles. The number of rotatable bonds is 7. The van der Waals surface area contributed by atoms with Crippen molar-refractivity contribution in [1.29, 1.82) is 0 Å². The summed E-state index contributed by atoms with van der Waals surface area (Å²) in [5.41, 5.74) is 0.305. The Morgan fingerprint density at radius 2 is 2.05 bits per heavy atom. The van der Waals surface area contributed by atoms with Crippen molar-refractivity contribution in [3.8, 4) is 0 Å². The number of carboxylic acid groups (broad SMARTS) is 1. The Morgan fingerprint density at radius 1 is 1.45 bits per heavy atom. The van der Waals surface area contributed by atoms with Crippen LogP contribution in [-0.4, -0.2) is 29.6 Å². The van der Waals surface area contributed by atoms with E-state index < -0.39 is 11.4 Å². The van der Waals surface area contributed by atoms with Gasteiger partial charge in [-0.05, 0) is 38.9 Å². The lowest BCUT2D eigenvalue weighted by Gasteiger charge is -2.34. The summed E-state index contributed by atoms with van der Waals surface area (Å²) in [5, 5.41) is 10.2. The molecule has 20 heavy (non-hydrogen) atoms. The van der Waals surface area contributed by atoms with E-state index >= 15 is 0 Å². The van der Waals surface area contributed by atoms with Gasteiger partial charge in [0.05, 0.1) is 5.41 Å². The maximum absolute atomic E-state index is 11.5. The SMILES string of the molecule is CCCC(C)(CN(C)C(C)c1ccccc1Cl)C(=O)O. The van der Waals surface area contributed by atoms with E-state index in [0.717, 1.165) is 17.0 Å². The van der Waals surface area contributed by atoms with Gasteiger partial charge in [0.1, 0.15) is 0 Å². The van der Waals surface area contributed by atoms with Crippen LogP contribution in [0.2, 0.25) is 5.02 Å². The van der Waals surface area contributed by atoms with Gasteiger partial charge >= 0.3 is 5.97 Å². The van der Waals surface area contributed by atoms with Crippen LogP contribution in [0, 0.1) is 5.41 Å². The van der Waals surface area contributed by atoms with E-state index in [2.05, 4.69) is 11.8 Å². The molecule has 3 nitrogen and oxygen atoms in total. The standard InChI is InChI=1S/C16H24ClNO2/c1-5-10-16(3,15(19)20)11-18(4)12(2)13-8-6-7-9-14(13)17/h6-9,12H,5,10-11H2,1-4H3,(H,19,20). The third kappa shape index (κ3) is 3.97. The fourth-order valence-corrected chi connectivity index (χ4v) is 2.84. The van der Waals surface area contributed by atoms with Gasteiger partial charge in [0.15, 0.2) is 0 Å². The van der Waals surface area contributed by atoms with Crippen LogP contribution >= 0.6 is 11.6 Å². The van der Waals surface area contributed by atoms with E-state index in [9.17, 15) is 9.90 Å². The predicted octanol–water partition coefficient (Wildman–Crippen LogP) is 4.22. The topological polar surface area (TPSA) is 40.5 Å². The van der Waals surface area contributed by atoms with Crippen molar-refractivity contribution in [1.82, 2.24) is 4.90 Å². The number of nitrogens with zero attached hydrogens (tertiary/aromatic N) is 1. The Balaban J connectivity index is 2.87. The van der Waals surface area contributed by atoms with Crippen LogP contribution < -0.4 is 0 Å². The molecule has 2 atom stereocenters. The van der Waals surface area contributed by atoms with Crippen molar-refractivity contribution in [3.05, 3.63) is 34.9 Å². The fraction of sp³-hybridized carbons (Fsp3) is 0.562. The molecule has 2 unspecified atom stereocenters. The van der Waals surface area contributed by atoms with Crippen molar-refractivity contribution < 1.29 is 9.90 Å². The first-order valence-corrected chi connectivity index (χ1v) is 7.37. The van der Waals surface area contributed by atoms with Gasteiger partial charge in [0, 0.05) is 17.6 Å². The second kappa shape index (κ2) is 7.09. The highest BCUT2D eigenvalue weighted by Crippen LogP contribution is 2.31. The Bertz CT molecular complexity index is 464. The molecule has 0 heterocycles. The highest BCUT2D eigenvalue weighted by Gasteiger charge is 2.34. The van der Waals surface area contributed by atoms with E-state index in [1.165, 1.54) is 0 Å². The lowest BCUT2D eigenvalue weighted by Crippen LogP contribution is -2.40. The zero-order valence-corrected chi connectivity index (χ0v) is 13.4. The maximum atomic E-state index is 11.5. The monoisotopic (exact) mass is 297 g/mol. The van der Waals surface area contributed by atoms with Gasteiger partial charge in [-0.25, -0.2) is 0 Å². The fourth-order valence-electron chi connectivity index (χ4n) is 2.54. The van der Waals surface area contributed by atoms with E-state index in [1.807, 2.05) is 45.2 Å². The molecule has 0 spiro atoms. The summed E-state index contributed by atoms with van der Waals surface area (Å²) in [6.07, 6.45) is 1.53. The first-order valence-electron chi connectivity index (χ1n) is 7.00. The molecular formula is C16H24ClNO2. The number of carbonyl (C=O) groups is 1. The van der Waals surface area contributed by atoms with Crippen LogP contribution in [0.1, 0.15) is 45.2 Å². The van der Waals surface area contributed by atoms with E-state index in [4.69, 9.17) is 11.6 Å². The number of halogens is 1. The van der Waals surface area contributed by atoms with Gasteiger partial charge in [-0.3, -0.25) is 9.69 Å². The average molecular weight is 298 g/mol. The number of carboxylic acids is 1. The molecule has 0 aliphatic rings. The molecule has 0 amide bonds. The minimum atomic E-state index is -0.738. The first-order chi connectivity index (χ1) is 9.31. The van der Waals surface area contributed by atoms with Gasteiger partial charge in [-0.15, -0.1) is 0 Å². The van der Waals surface area contributed by atoms with Crippen LogP contribution in [0.4, 0.5) is 0 Å². The van der Waals surface area contributed by atoms with Crippen LogP contribution in [0.25, 0.3) is 0 Å². The van der Waals surface area contributed by atoms with Crippen molar-refractivity contribution in [2.45, 2.75) is 39.7 Å².